The van der Waals surface area contributed by atoms with Crippen LogP contribution in [0.3, 0.4) is 0 Å². The van der Waals surface area contributed by atoms with Crippen LogP contribution in [-0.2, 0) is 0 Å². The standard InChI is InChI=1S/C24H18BrNO2/c25-20-13-7-6-12-19(20)23(26-24(28)17-9-2-1-3-10-17)22-18-11-5-4-8-16(18)14-15-21(22)27/h1-15,23,27H,(H,26,28). The molecule has 1 atom stereocenters. The summed E-state index contributed by atoms with van der Waals surface area (Å²) in [5.41, 5.74) is 2.12. The molecule has 0 heterocycles. The van der Waals surface area contributed by atoms with E-state index in [9.17, 15) is 9.90 Å². The molecule has 0 aliphatic heterocycles. The summed E-state index contributed by atoms with van der Waals surface area (Å²) in [4.78, 5) is 13.0. The molecule has 4 aromatic rings. The van der Waals surface area contributed by atoms with Crippen molar-refractivity contribution in [3.8, 4) is 5.75 Å². The number of carbonyl (C=O) groups is 1. The summed E-state index contributed by atoms with van der Waals surface area (Å²) < 4.78 is 0.862. The van der Waals surface area contributed by atoms with Crippen LogP contribution in [0.4, 0.5) is 0 Å². The summed E-state index contributed by atoms with van der Waals surface area (Å²) in [6, 6.07) is 27.7. The summed E-state index contributed by atoms with van der Waals surface area (Å²) in [7, 11) is 0. The third-order valence-corrected chi connectivity index (χ3v) is 5.49. The molecule has 0 bridgehead atoms. The molecule has 138 valence electrons. The number of halogens is 1. The molecule has 28 heavy (non-hydrogen) atoms. The minimum atomic E-state index is -0.519. The summed E-state index contributed by atoms with van der Waals surface area (Å²) in [5, 5.41) is 15.8. The Morgan fingerprint density at radius 2 is 1.50 bits per heavy atom. The first-order valence-corrected chi connectivity index (χ1v) is 9.75. The molecule has 1 unspecified atom stereocenters. The number of phenolic OH excluding ortho intramolecular Hbond substituents is 1. The van der Waals surface area contributed by atoms with Gasteiger partial charge in [-0.15, -0.1) is 0 Å². The lowest BCUT2D eigenvalue weighted by Gasteiger charge is -2.23. The molecule has 0 fully saturated rings. The lowest BCUT2D eigenvalue weighted by molar-refractivity contribution is 0.0943. The first-order valence-electron chi connectivity index (χ1n) is 8.96. The number of rotatable bonds is 4. The number of amides is 1. The second-order valence-corrected chi connectivity index (χ2v) is 7.37. The molecule has 0 aliphatic carbocycles. The zero-order chi connectivity index (χ0) is 19.5. The minimum absolute atomic E-state index is 0.146. The fourth-order valence-corrected chi connectivity index (χ4v) is 3.92. The molecule has 0 aliphatic rings. The highest BCUT2D eigenvalue weighted by molar-refractivity contribution is 9.10. The van der Waals surface area contributed by atoms with E-state index in [0.717, 1.165) is 20.8 Å². The zero-order valence-electron chi connectivity index (χ0n) is 15.0. The fraction of sp³-hybridized carbons (Fsp3) is 0.0417. The third kappa shape index (κ3) is 3.51. The van der Waals surface area contributed by atoms with E-state index in [4.69, 9.17) is 0 Å². The van der Waals surface area contributed by atoms with Crippen molar-refractivity contribution >= 4 is 32.6 Å². The monoisotopic (exact) mass is 431 g/mol. The maximum atomic E-state index is 13.0. The molecule has 0 aromatic heterocycles. The van der Waals surface area contributed by atoms with Gasteiger partial charge in [-0.3, -0.25) is 4.79 Å². The Hall–Kier alpha value is -3.11. The SMILES string of the molecule is O=C(NC(c1ccccc1Br)c1c(O)ccc2ccccc12)c1ccccc1. The quantitative estimate of drug-likeness (QED) is 0.427. The zero-order valence-corrected chi connectivity index (χ0v) is 16.6. The van der Waals surface area contributed by atoms with Crippen LogP contribution >= 0.6 is 15.9 Å². The maximum Gasteiger partial charge on any atom is 0.252 e. The van der Waals surface area contributed by atoms with Crippen LogP contribution in [-0.4, -0.2) is 11.0 Å². The number of fused-ring (bicyclic) bond motifs is 1. The number of benzene rings is 4. The largest absolute Gasteiger partial charge is 0.508 e. The first-order chi connectivity index (χ1) is 13.6. The highest BCUT2D eigenvalue weighted by Crippen LogP contribution is 2.38. The number of nitrogens with one attached hydrogen (secondary N) is 1. The number of hydrogen-bond donors (Lipinski definition) is 2. The van der Waals surface area contributed by atoms with Crippen LogP contribution in [0.15, 0.2) is 95.5 Å². The van der Waals surface area contributed by atoms with E-state index < -0.39 is 6.04 Å². The fourth-order valence-electron chi connectivity index (χ4n) is 3.41. The van der Waals surface area contributed by atoms with Crippen LogP contribution in [0, 0.1) is 0 Å². The number of hydrogen-bond acceptors (Lipinski definition) is 2. The van der Waals surface area contributed by atoms with E-state index in [1.165, 1.54) is 0 Å². The van der Waals surface area contributed by atoms with Crippen LogP contribution < -0.4 is 5.32 Å². The number of phenols is 1. The molecule has 4 aromatic carbocycles. The Labute approximate surface area is 171 Å². The lowest BCUT2D eigenvalue weighted by atomic mass is 9.92. The third-order valence-electron chi connectivity index (χ3n) is 4.76. The maximum absolute atomic E-state index is 13.0. The van der Waals surface area contributed by atoms with Gasteiger partial charge in [-0.25, -0.2) is 0 Å². The molecule has 0 saturated heterocycles. The second-order valence-electron chi connectivity index (χ2n) is 6.51. The topological polar surface area (TPSA) is 49.3 Å². The molecule has 4 rings (SSSR count). The van der Waals surface area contributed by atoms with Gasteiger partial charge < -0.3 is 10.4 Å². The Balaban J connectivity index is 1.89. The van der Waals surface area contributed by atoms with Crippen LogP contribution in [0.2, 0.25) is 0 Å². The van der Waals surface area contributed by atoms with Gasteiger partial charge in [-0.2, -0.15) is 0 Å². The van der Waals surface area contributed by atoms with E-state index in [1.54, 1.807) is 18.2 Å². The Morgan fingerprint density at radius 1 is 0.821 bits per heavy atom. The van der Waals surface area contributed by atoms with Gasteiger partial charge in [0.1, 0.15) is 5.75 Å². The normalized spacial score (nSPS) is 11.9. The average Bonchev–Trinajstić information content (AvgIpc) is 2.73. The molecule has 3 nitrogen and oxygen atoms in total. The Kier molecular flexibility index (Phi) is 5.13. The van der Waals surface area contributed by atoms with Gasteiger partial charge in [0, 0.05) is 15.6 Å². The van der Waals surface area contributed by atoms with Crippen LogP contribution in [0.1, 0.15) is 27.5 Å². The van der Waals surface area contributed by atoms with Crippen molar-refractivity contribution in [2.45, 2.75) is 6.04 Å². The van der Waals surface area contributed by atoms with Crippen molar-refractivity contribution < 1.29 is 9.90 Å². The van der Waals surface area contributed by atoms with Crippen molar-refractivity contribution in [3.05, 3.63) is 112 Å². The van der Waals surface area contributed by atoms with Crippen LogP contribution in [0.5, 0.6) is 5.75 Å². The molecule has 2 N–H and O–H groups in total. The van der Waals surface area contributed by atoms with Crippen molar-refractivity contribution in [1.29, 1.82) is 0 Å². The molecule has 1 amide bonds. The number of carbonyl (C=O) groups excluding carboxylic acids is 1. The summed E-state index contributed by atoms with van der Waals surface area (Å²) in [5.74, 6) is -0.0542. The highest BCUT2D eigenvalue weighted by Gasteiger charge is 2.24. The van der Waals surface area contributed by atoms with Crippen molar-refractivity contribution in [1.82, 2.24) is 5.32 Å². The predicted molar refractivity (Wildman–Crippen MR) is 116 cm³/mol. The van der Waals surface area contributed by atoms with Gasteiger partial charge in [0.2, 0.25) is 0 Å². The van der Waals surface area contributed by atoms with Gasteiger partial charge in [0.25, 0.3) is 5.91 Å². The highest BCUT2D eigenvalue weighted by atomic mass is 79.9. The predicted octanol–water partition coefficient (Wildman–Crippen LogP) is 5.83. The van der Waals surface area contributed by atoms with Crippen LogP contribution in [0.25, 0.3) is 10.8 Å². The average molecular weight is 432 g/mol. The van der Waals surface area contributed by atoms with Gasteiger partial charge >= 0.3 is 0 Å². The van der Waals surface area contributed by atoms with E-state index in [2.05, 4.69) is 21.2 Å². The van der Waals surface area contributed by atoms with E-state index in [1.807, 2.05) is 72.8 Å². The molecular formula is C24H18BrNO2. The van der Waals surface area contributed by atoms with Crippen molar-refractivity contribution in [2.24, 2.45) is 0 Å². The van der Waals surface area contributed by atoms with Gasteiger partial charge in [-0.1, -0.05) is 82.7 Å². The molecule has 4 heteroatoms. The molecule has 0 spiro atoms. The van der Waals surface area contributed by atoms with E-state index in [-0.39, 0.29) is 11.7 Å². The van der Waals surface area contributed by atoms with Gasteiger partial charge in [0.15, 0.2) is 0 Å². The lowest BCUT2D eigenvalue weighted by Crippen LogP contribution is -2.29. The summed E-state index contributed by atoms with van der Waals surface area (Å²) in [6.07, 6.45) is 0. The Morgan fingerprint density at radius 3 is 2.29 bits per heavy atom. The summed E-state index contributed by atoms with van der Waals surface area (Å²) >= 11 is 3.60. The second kappa shape index (κ2) is 7.87. The van der Waals surface area contributed by atoms with Crippen molar-refractivity contribution in [3.63, 3.8) is 0 Å². The smallest absolute Gasteiger partial charge is 0.252 e. The van der Waals surface area contributed by atoms with Crippen molar-refractivity contribution in [2.75, 3.05) is 0 Å². The number of aromatic hydroxyl groups is 1. The minimum Gasteiger partial charge on any atom is -0.508 e. The van der Waals surface area contributed by atoms with Gasteiger partial charge in [-0.05, 0) is 40.6 Å². The summed E-state index contributed by atoms with van der Waals surface area (Å²) in [6.45, 7) is 0. The first kappa shape index (κ1) is 18.3. The Bertz CT molecular complexity index is 1140. The molecule has 0 saturated carbocycles. The van der Waals surface area contributed by atoms with Gasteiger partial charge in [0.05, 0.1) is 6.04 Å². The molecule has 0 radical (unpaired) electrons. The van der Waals surface area contributed by atoms with E-state index >= 15 is 0 Å². The van der Waals surface area contributed by atoms with E-state index in [0.29, 0.717) is 11.1 Å². The molecular weight excluding hydrogens is 414 g/mol.